The number of nitrogens with one attached hydrogen (secondary N) is 2. The molecule has 2 unspecified atom stereocenters. The topological polar surface area (TPSA) is 24.1 Å². The van der Waals surface area contributed by atoms with Gasteiger partial charge < -0.3 is 10.6 Å². The van der Waals surface area contributed by atoms with Gasteiger partial charge in [-0.15, -0.1) is 24.8 Å². The lowest BCUT2D eigenvalue weighted by atomic mass is 10.1. The van der Waals surface area contributed by atoms with E-state index in [0.717, 1.165) is 12.1 Å². The lowest BCUT2D eigenvalue weighted by Gasteiger charge is -2.17. The molecule has 2 nitrogen and oxygen atoms in total. The predicted molar refractivity (Wildman–Crippen MR) is 56.5 cm³/mol. The minimum Gasteiger partial charge on any atom is -0.312 e. The standard InChI is InChI=1S/C8H16N2.2ClH/c1-3-7(9-5-1)8-4-2-6-10-8;;/h7-10H,1-6H2;2*1H. The van der Waals surface area contributed by atoms with Crippen LogP contribution in [0.2, 0.25) is 0 Å². The van der Waals surface area contributed by atoms with Crippen LogP contribution in [0.25, 0.3) is 0 Å². The molecular weight excluding hydrogens is 195 g/mol. The highest BCUT2D eigenvalue weighted by molar-refractivity contribution is 5.85. The molecule has 0 saturated carbocycles. The van der Waals surface area contributed by atoms with Crippen molar-refractivity contribution in [2.24, 2.45) is 0 Å². The van der Waals surface area contributed by atoms with E-state index >= 15 is 0 Å². The van der Waals surface area contributed by atoms with Crippen LogP contribution in [0.4, 0.5) is 0 Å². The summed E-state index contributed by atoms with van der Waals surface area (Å²) in [4.78, 5) is 0. The largest absolute Gasteiger partial charge is 0.312 e. The average molecular weight is 213 g/mol. The van der Waals surface area contributed by atoms with Crippen molar-refractivity contribution >= 4 is 24.8 Å². The second kappa shape index (κ2) is 6.03. The van der Waals surface area contributed by atoms with Gasteiger partial charge in [0.15, 0.2) is 0 Å². The molecular formula is C8H18Cl2N2. The molecule has 2 fully saturated rings. The second-order valence-electron chi connectivity index (χ2n) is 3.41. The molecule has 0 radical (unpaired) electrons. The Morgan fingerprint density at radius 1 is 0.750 bits per heavy atom. The zero-order valence-electron chi connectivity index (χ0n) is 7.21. The van der Waals surface area contributed by atoms with Crippen molar-refractivity contribution in [1.29, 1.82) is 0 Å². The SMILES string of the molecule is C1CNC(C2CCCN2)C1.Cl.Cl. The van der Waals surface area contributed by atoms with Gasteiger partial charge in [-0.25, -0.2) is 0 Å². The Morgan fingerprint density at radius 2 is 1.17 bits per heavy atom. The molecule has 4 heteroatoms. The second-order valence-corrected chi connectivity index (χ2v) is 3.41. The fourth-order valence-corrected chi connectivity index (χ4v) is 2.11. The van der Waals surface area contributed by atoms with E-state index in [1.807, 2.05) is 0 Å². The van der Waals surface area contributed by atoms with Gasteiger partial charge in [-0.05, 0) is 38.8 Å². The first kappa shape index (κ1) is 12.5. The van der Waals surface area contributed by atoms with Crippen LogP contribution in [0.1, 0.15) is 25.7 Å². The van der Waals surface area contributed by atoms with E-state index in [4.69, 9.17) is 0 Å². The van der Waals surface area contributed by atoms with Crippen molar-refractivity contribution in [3.05, 3.63) is 0 Å². The Labute approximate surface area is 86.7 Å². The maximum absolute atomic E-state index is 3.54. The van der Waals surface area contributed by atoms with Gasteiger partial charge in [-0.1, -0.05) is 0 Å². The number of hydrogen-bond acceptors (Lipinski definition) is 2. The van der Waals surface area contributed by atoms with Gasteiger partial charge in [-0.3, -0.25) is 0 Å². The Balaban J connectivity index is 0.000000605. The molecule has 0 amide bonds. The van der Waals surface area contributed by atoms with Crippen LogP contribution in [0, 0.1) is 0 Å². The summed E-state index contributed by atoms with van der Waals surface area (Å²) in [5.41, 5.74) is 0. The molecule has 74 valence electrons. The molecule has 2 N–H and O–H groups in total. The maximum atomic E-state index is 3.54. The van der Waals surface area contributed by atoms with E-state index in [1.54, 1.807) is 0 Å². The van der Waals surface area contributed by atoms with Gasteiger partial charge in [-0.2, -0.15) is 0 Å². The monoisotopic (exact) mass is 212 g/mol. The molecule has 0 spiro atoms. The van der Waals surface area contributed by atoms with Gasteiger partial charge in [0, 0.05) is 12.1 Å². The predicted octanol–water partition coefficient (Wildman–Crippen LogP) is 1.33. The zero-order valence-corrected chi connectivity index (χ0v) is 8.85. The average Bonchev–Trinajstić information content (AvgIpc) is 2.59. The first-order valence-corrected chi connectivity index (χ1v) is 4.43. The lowest BCUT2D eigenvalue weighted by molar-refractivity contribution is 0.449. The quantitative estimate of drug-likeness (QED) is 0.686. The van der Waals surface area contributed by atoms with Crippen molar-refractivity contribution in [1.82, 2.24) is 10.6 Å². The lowest BCUT2D eigenvalue weighted by Crippen LogP contribution is -2.40. The van der Waals surface area contributed by atoms with Crippen LogP contribution in [-0.4, -0.2) is 25.2 Å². The molecule has 0 aromatic heterocycles. The van der Waals surface area contributed by atoms with Crippen molar-refractivity contribution in [3.63, 3.8) is 0 Å². The van der Waals surface area contributed by atoms with Gasteiger partial charge in [0.05, 0.1) is 0 Å². The third-order valence-electron chi connectivity index (χ3n) is 2.68. The summed E-state index contributed by atoms with van der Waals surface area (Å²) in [5, 5.41) is 7.07. The molecule has 0 aromatic carbocycles. The number of hydrogen-bond donors (Lipinski definition) is 2. The smallest absolute Gasteiger partial charge is 0.0221 e. The third-order valence-corrected chi connectivity index (χ3v) is 2.68. The van der Waals surface area contributed by atoms with E-state index in [1.165, 1.54) is 38.8 Å². The van der Waals surface area contributed by atoms with Gasteiger partial charge >= 0.3 is 0 Å². The highest BCUT2D eigenvalue weighted by Gasteiger charge is 2.26. The molecule has 2 aliphatic rings. The summed E-state index contributed by atoms with van der Waals surface area (Å²) in [6, 6.07) is 1.59. The minimum absolute atomic E-state index is 0. The van der Waals surface area contributed by atoms with Crippen molar-refractivity contribution in [3.8, 4) is 0 Å². The minimum atomic E-state index is 0. The third kappa shape index (κ3) is 2.77. The number of rotatable bonds is 1. The summed E-state index contributed by atoms with van der Waals surface area (Å²) < 4.78 is 0. The van der Waals surface area contributed by atoms with Crippen LogP contribution >= 0.6 is 24.8 Å². The van der Waals surface area contributed by atoms with Crippen LogP contribution in [0.3, 0.4) is 0 Å². The van der Waals surface area contributed by atoms with E-state index in [2.05, 4.69) is 10.6 Å². The molecule has 12 heavy (non-hydrogen) atoms. The zero-order chi connectivity index (χ0) is 6.81. The first-order chi connectivity index (χ1) is 4.97. The molecule has 2 saturated heterocycles. The Hall–Kier alpha value is 0.500. The molecule has 2 aliphatic heterocycles. The van der Waals surface area contributed by atoms with Crippen molar-refractivity contribution < 1.29 is 0 Å². The Bertz CT molecular complexity index is 95.6. The van der Waals surface area contributed by atoms with Crippen molar-refractivity contribution in [2.75, 3.05) is 13.1 Å². The molecule has 2 atom stereocenters. The highest BCUT2D eigenvalue weighted by atomic mass is 35.5. The number of halogens is 2. The molecule has 2 heterocycles. The normalized spacial score (nSPS) is 34.0. The Morgan fingerprint density at radius 3 is 1.42 bits per heavy atom. The van der Waals surface area contributed by atoms with Crippen LogP contribution < -0.4 is 10.6 Å². The fourth-order valence-electron chi connectivity index (χ4n) is 2.11. The van der Waals surface area contributed by atoms with Gasteiger partial charge in [0.2, 0.25) is 0 Å². The Kier molecular flexibility index (Phi) is 6.28. The van der Waals surface area contributed by atoms with E-state index < -0.39 is 0 Å². The van der Waals surface area contributed by atoms with E-state index in [9.17, 15) is 0 Å². The summed E-state index contributed by atoms with van der Waals surface area (Å²) >= 11 is 0. The maximum Gasteiger partial charge on any atom is 0.0221 e. The fraction of sp³-hybridized carbons (Fsp3) is 1.00. The summed E-state index contributed by atoms with van der Waals surface area (Å²) in [6.07, 6.45) is 5.53. The van der Waals surface area contributed by atoms with Crippen molar-refractivity contribution in [2.45, 2.75) is 37.8 Å². The molecule has 0 aromatic rings. The van der Waals surface area contributed by atoms with Gasteiger partial charge in [0.1, 0.15) is 0 Å². The molecule has 0 bridgehead atoms. The van der Waals surface area contributed by atoms with Gasteiger partial charge in [0.25, 0.3) is 0 Å². The van der Waals surface area contributed by atoms with E-state index in [-0.39, 0.29) is 24.8 Å². The molecule has 0 aliphatic carbocycles. The summed E-state index contributed by atoms with van der Waals surface area (Å²) in [7, 11) is 0. The summed E-state index contributed by atoms with van der Waals surface area (Å²) in [6.45, 7) is 2.48. The van der Waals surface area contributed by atoms with Crippen LogP contribution in [0.5, 0.6) is 0 Å². The molecule has 2 rings (SSSR count). The van der Waals surface area contributed by atoms with Crippen LogP contribution in [-0.2, 0) is 0 Å². The first-order valence-electron chi connectivity index (χ1n) is 4.43. The highest BCUT2D eigenvalue weighted by Crippen LogP contribution is 2.16. The van der Waals surface area contributed by atoms with Crippen LogP contribution in [0.15, 0.2) is 0 Å². The van der Waals surface area contributed by atoms with E-state index in [0.29, 0.717) is 0 Å². The summed E-state index contributed by atoms with van der Waals surface area (Å²) in [5.74, 6) is 0.